The van der Waals surface area contributed by atoms with Crippen LogP contribution >= 0.6 is 0 Å². The van der Waals surface area contributed by atoms with E-state index in [1.54, 1.807) is 0 Å². The Morgan fingerprint density at radius 3 is 2.09 bits per heavy atom. The van der Waals surface area contributed by atoms with Crippen molar-refractivity contribution in [2.75, 3.05) is 11.9 Å². The van der Waals surface area contributed by atoms with Crippen LogP contribution in [-0.2, 0) is 9.59 Å². The lowest BCUT2D eigenvalue weighted by Gasteiger charge is -2.41. The largest absolute Gasteiger partial charge is 0.328 e. The van der Waals surface area contributed by atoms with E-state index >= 15 is 0 Å². The Morgan fingerprint density at radius 2 is 1.55 bits per heavy atom. The number of carbonyl (C=O) groups is 3. The second kappa shape index (κ2) is 9.47. The molecule has 33 heavy (non-hydrogen) atoms. The van der Waals surface area contributed by atoms with E-state index in [2.05, 4.69) is 33.0 Å². The van der Waals surface area contributed by atoms with Crippen molar-refractivity contribution in [3.8, 4) is 0 Å². The molecular formula is C27H39N3O3. The van der Waals surface area contributed by atoms with Gasteiger partial charge in [0, 0.05) is 11.7 Å². The molecular weight excluding hydrogens is 414 g/mol. The SMILES string of the molecule is CC(C)c1cccc(C(C)C)c1NC(=O)CN1C(=O)N(C2CCCC2)C2(CCCCC2)C1=O. The minimum absolute atomic E-state index is 0.127. The molecule has 0 aromatic heterocycles. The Bertz CT molecular complexity index is 885. The summed E-state index contributed by atoms with van der Waals surface area (Å²) in [4.78, 5) is 43.6. The highest BCUT2D eigenvalue weighted by atomic mass is 16.2. The molecule has 0 radical (unpaired) electrons. The van der Waals surface area contributed by atoms with Gasteiger partial charge in [-0.3, -0.25) is 14.5 Å². The van der Waals surface area contributed by atoms with E-state index in [-0.39, 0.29) is 42.3 Å². The predicted molar refractivity (Wildman–Crippen MR) is 130 cm³/mol. The van der Waals surface area contributed by atoms with Crippen LogP contribution in [0.5, 0.6) is 0 Å². The van der Waals surface area contributed by atoms with Crippen molar-refractivity contribution in [3.05, 3.63) is 29.3 Å². The van der Waals surface area contributed by atoms with E-state index < -0.39 is 5.54 Å². The van der Waals surface area contributed by atoms with Crippen LogP contribution in [0.1, 0.15) is 108 Å². The first-order valence-corrected chi connectivity index (χ1v) is 12.8. The minimum atomic E-state index is -0.733. The number of hydrogen-bond acceptors (Lipinski definition) is 3. The fraction of sp³-hybridized carbons (Fsp3) is 0.667. The number of para-hydroxylation sites is 1. The standard InChI is InChI=1S/C27H39N3O3/c1-18(2)21-13-10-14-22(19(3)4)24(21)28-23(31)17-29-25(32)27(15-8-5-9-16-27)30(26(29)33)20-11-6-7-12-20/h10,13-14,18-20H,5-9,11-12,15-17H2,1-4H3,(H,28,31). The third kappa shape index (κ3) is 4.29. The number of benzene rings is 1. The van der Waals surface area contributed by atoms with Gasteiger partial charge in [-0.1, -0.05) is 78.0 Å². The molecule has 1 aromatic rings. The van der Waals surface area contributed by atoms with E-state index in [0.29, 0.717) is 0 Å². The summed E-state index contributed by atoms with van der Waals surface area (Å²) < 4.78 is 0. The normalized spacial score (nSPS) is 21.2. The van der Waals surface area contributed by atoms with Gasteiger partial charge in [0.25, 0.3) is 5.91 Å². The number of nitrogens with zero attached hydrogens (tertiary/aromatic N) is 2. The Balaban J connectivity index is 1.59. The van der Waals surface area contributed by atoms with E-state index in [1.165, 1.54) is 4.90 Å². The summed E-state index contributed by atoms with van der Waals surface area (Å²) >= 11 is 0. The molecule has 0 atom stereocenters. The molecule has 1 aromatic carbocycles. The Kier molecular flexibility index (Phi) is 6.83. The molecule has 1 heterocycles. The van der Waals surface area contributed by atoms with Gasteiger partial charge in [-0.15, -0.1) is 0 Å². The zero-order chi connectivity index (χ0) is 23.8. The van der Waals surface area contributed by atoms with Crippen molar-refractivity contribution in [3.63, 3.8) is 0 Å². The van der Waals surface area contributed by atoms with Crippen LogP contribution in [-0.4, -0.2) is 45.8 Å². The lowest BCUT2D eigenvalue weighted by Crippen LogP contribution is -2.54. The lowest BCUT2D eigenvalue weighted by atomic mass is 9.79. The van der Waals surface area contributed by atoms with Gasteiger partial charge in [0.2, 0.25) is 5.91 Å². The van der Waals surface area contributed by atoms with Crippen molar-refractivity contribution in [1.82, 2.24) is 9.80 Å². The number of rotatable bonds is 6. The van der Waals surface area contributed by atoms with Crippen LogP contribution in [0.3, 0.4) is 0 Å². The molecule has 2 aliphatic carbocycles. The van der Waals surface area contributed by atoms with E-state index in [0.717, 1.165) is 74.6 Å². The fourth-order valence-corrected chi connectivity index (χ4v) is 6.17. The smallest absolute Gasteiger partial charge is 0.324 e. The van der Waals surface area contributed by atoms with E-state index in [1.807, 2.05) is 23.1 Å². The second-order valence-corrected chi connectivity index (χ2v) is 10.7. The Labute approximate surface area is 198 Å². The molecule has 4 rings (SSSR count). The summed E-state index contributed by atoms with van der Waals surface area (Å²) in [6, 6.07) is 5.97. The summed E-state index contributed by atoms with van der Waals surface area (Å²) in [6.45, 7) is 8.21. The van der Waals surface area contributed by atoms with Crippen LogP contribution in [0.25, 0.3) is 0 Å². The fourth-order valence-electron chi connectivity index (χ4n) is 6.17. The molecule has 3 fully saturated rings. The van der Waals surface area contributed by atoms with Gasteiger partial charge in [-0.2, -0.15) is 0 Å². The number of nitrogens with one attached hydrogen (secondary N) is 1. The highest BCUT2D eigenvalue weighted by Crippen LogP contribution is 2.44. The number of amides is 4. The Morgan fingerprint density at radius 1 is 0.970 bits per heavy atom. The minimum Gasteiger partial charge on any atom is -0.324 e. The Hall–Kier alpha value is -2.37. The van der Waals surface area contributed by atoms with Gasteiger partial charge in [0.05, 0.1) is 0 Å². The zero-order valence-corrected chi connectivity index (χ0v) is 20.7. The molecule has 4 amide bonds. The monoisotopic (exact) mass is 453 g/mol. The predicted octanol–water partition coefficient (Wildman–Crippen LogP) is 5.78. The summed E-state index contributed by atoms with van der Waals surface area (Å²) in [5.74, 6) is 0.0382. The first-order chi connectivity index (χ1) is 15.8. The van der Waals surface area contributed by atoms with Gasteiger partial charge in [0.15, 0.2) is 0 Å². The molecule has 2 saturated carbocycles. The van der Waals surface area contributed by atoms with Crippen molar-refractivity contribution in [2.24, 2.45) is 0 Å². The molecule has 1 N–H and O–H groups in total. The average molecular weight is 454 g/mol. The highest BCUT2D eigenvalue weighted by Gasteiger charge is 2.59. The molecule has 0 bridgehead atoms. The van der Waals surface area contributed by atoms with Gasteiger partial charge in [0.1, 0.15) is 12.1 Å². The van der Waals surface area contributed by atoms with E-state index in [4.69, 9.17) is 0 Å². The van der Waals surface area contributed by atoms with Crippen LogP contribution in [0.15, 0.2) is 18.2 Å². The molecule has 0 unspecified atom stereocenters. The van der Waals surface area contributed by atoms with Crippen molar-refractivity contribution >= 4 is 23.5 Å². The van der Waals surface area contributed by atoms with Crippen LogP contribution < -0.4 is 5.32 Å². The molecule has 3 aliphatic rings. The summed E-state index contributed by atoms with van der Waals surface area (Å²) in [5.41, 5.74) is 2.24. The number of urea groups is 1. The molecule has 6 nitrogen and oxygen atoms in total. The topological polar surface area (TPSA) is 69.7 Å². The van der Waals surface area contributed by atoms with Crippen molar-refractivity contribution < 1.29 is 14.4 Å². The first kappa shape index (κ1) is 23.8. The molecule has 1 spiro atoms. The average Bonchev–Trinajstić information content (AvgIpc) is 3.36. The lowest BCUT2D eigenvalue weighted by molar-refractivity contribution is -0.137. The maximum Gasteiger partial charge on any atom is 0.328 e. The summed E-state index contributed by atoms with van der Waals surface area (Å²) in [6.07, 6.45) is 8.59. The van der Waals surface area contributed by atoms with Crippen molar-refractivity contribution in [1.29, 1.82) is 0 Å². The summed E-state index contributed by atoms with van der Waals surface area (Å²) in [5, 5.41) is 3.08. The summed E-state index contributed by atoms with van der Waals surface area (Å²) in [7, 11) is 0. The third-order valence-electron chi connectivity index (χ3n) is 7.85. The van der Waals surface area contributed by atoms with Crippen molar-refractivity contribution in [2.45, 2.75) is 109 Å². The number of hydrogen-bond donors (Lipinski definition) is 1. The van der Waals surface area contributed by atoms with Gasteiger partial charge < -0.3 is 10.2 Å². The third-order valence-corrected chi connectivity index (χ3v) is 7.85. The molecule has 6 heteroatoms. The number of carbonyl (C=O) groups excluding carboxylic acids is 3. The van der Waals surface area contributed by atoms with Gasteiger partial charge >= 0.3 is 6.03 Å². The maximum atomic E-state index is 13.7. The quantitative estimate of drug-likeness (QED) is 0.555. The van der Waals surface area contributed by atoms with Gasteiger partial charge in [-0.05, 0) is 48.6 Å². The molecule has 180 valence electrons. The number of anilines is 1. The van der Waals surface area contributed by atoms with Crippen LogP contribution in [0, 0.1) is 0 Å². The highest BCUT2D eigenvalue weighted by molar-refractivity contribution is 6.10. The zero-order valence-electron chi connectivity index (χ0n) is 20.7. The molecule has 1 aliphatic heterocycles. The maximum absolute atomic E-state index is 13.7. The number of imide groups is 1. The van der Waals surface area contributed by atoms with E-state index in [9.17, 15) is 14.4 Å². The van der Waals surface area contributed by atoms with Gasteiger partial charge in [-0.25, -0.2) is 4.79 Å². The molecule has 1 saturated heterocycles. The van der Waals surface area contributed by atoms with Crippen LogP contribution in [0.2, 0.25) is 0 Å². The second-order valence-electron chi connectivity index (χ2n) is 10.7. The first-order valence-electron chi connectivity index (χ1n) is 12.8. The van der Waals surface area contributed by atoms with Crippen LogP contribution in [0.4, 0.5) is 10.5 Å².